The van der Waals surface area contributed by atoms with Gasteiger partial charge in [-0.25, -0.2) is 10.1 Å². The van der Waals surface area contributed by atoms with Crippen molar-refractivity contribution in [2.24, 2.45) is 5.10 Å². The lowest BCUT2D eigenvalue weighted by molar-refractivity contribution is 0.0955. The van der Waals surface area contributed by atoms with Crippen LogP contribution < -0.4 is 5.43 Å². The van der Waals surface area contributed by atoms with Gasteiger partial charge < -0.3 is 0 Å². The van der Waals surface area contributed by atoms with E-state index in [0.717, 1.165) is 16.7 Å². The number of benzene rings is 3. The number of nitrogens with one attached hydrogen (secondary N) is 1. The molecule has 2 heterocycles. The van der Waals surface area contributed by atoms with Crippen LogP contribution in [0.5, 0.6) is 0 Å². The van der Waals surface area contributed by atoms with Crippen LogP contribution in [-0.2, 0) is 13.1 Å². The molecule has 0 saturated carbocycles. The SMILES string of the molecule is Cc1nn(Cc2ccc(Cl)cc2)c(Cl)c1/C=N/NC(=O)c1ccc(Cn2nnc(-c3ccccc3)n2)cc1. The van der Waals surface area contributed by atoms with E-state index in [9.17, 15) is 4.79 Å². The first-order valence-corrected chi connectivity index (χ1v) is 12.4. The molecule has 0 radical (unpaired) electrons. The van der Waals surface area contributed by atoms with Gasteiger partial charge in [0.15, 0.2) is 0 Å². The molecular formula is C27H22Cl2N8O. The van der Waals surface area contributed by atoms with Crippen LogP contribution in [0.4, 0.5) is 0 Å². The third-order valence-corrected chi connectivity index (χ3v) is 6.39. The summed E-state index contributed by atoms with van der Waals surface area (Å²) in [4.78, 5) is 14.1. The first-order valence-electron chi connectivity index (χ1n) is 11.7. The predicted octanol–water partition coefficient (Wildman–Crippen LogP) is 5.01. The van der Waals surface area contributed by atoms with Gasteiger partial charge in [0.25, 0.3) is 5.91 Å². The van der Waals surface area contributed by atoms with E-state index < -0.39 is 0 Å². The lowest BCUT2D eigenvalue weighted by Crippen LogP contribution is -2.17. The van der Waals surface area contributed by atoms with Gasteiger partial charge in [-0.3, -0.25) is 4.79 Å². The highest BCUT2D eigenvalue weighted by atomic mass is 35.5. The zero-order chi connectivity index (χ0) is 26.5. The largest absolute Gasteiger partial charge is 0.271 e. The Bertz CT molecular complexity index is 1580. The van der Waals surface area contributed by atoms with Crippen LogP contribution in [0.2, 0.25) is 10.2 Å². The lowest BCUT2D eigenvalue weighted by atomic mass is 10.1. The molecule has 0 unspecified atom stereocenters. The summed E-state index contributed by atoms with van der Waals surface area (Å²) < 4.78 is 1.68. The fraction of sp³-hybridized carbons (Fsp3) is 0.111. The second-order valence-electron chi connectivity index (χ2n) is 8.48. The number of hydrogen-bond acceptors (Lipinski definition) is 6. The van der Waals surface area contributed by atoms with E-state index in [4.69, 9.17) is 23.2 Å². The van der Waals surface area contributed by atoms with E-state index in [1.54, 1.807) is 16.8 Å². The lowest BCUT2D eigenvalue weighted by Gasteiger charge is -2.04. The third kappa shape index (κ3) is 5.96. The molecule has 0 fully saturated rings. The Morgan fingerprint density at radius 2 is 1.61 bits per heavy atom. The summed E-state index contributed by atoms with van der Waals surface area (Å²) in [5.74, 6) is 0.214. The predicted molar refractivity (Wildman–Crippen MR) is 146 cm³/mol. The molecule has 1 amide bonds. The molecule has 0 saturated heterocycles. The number of aryl methyl sites for hydroxylation is 1. The minimum absolute atomic E-state index is 0.347. The number of amides is 1. The van der Waals surface area contributed by atoms with Gasteiger partial charge in [-0.1, -0.05) is 77.8 Å². The van der Waals surface area contributed by atoms with Gasteiger partial charge in [0, 0.05) is 16.1 Å². The number of tetrazole rings is 1. The zero-order valence-corrected chi connectivity index (χ0v) is 21.8. The summed E-state index contributed by atoms with van der Waals surface area (Å²) in [6.07, 6.45) is 1.50. The fourth-order valence-corrected chi connectivity index (χ4v) is 4.15. The van der Waals surface area contributed by atoms with E-state index >= 15 is 0 Å². The zero-order valence-electron chi connectivity index (χ0n) is 20.3. The highest BCUT2D eigenvalue weighted by Gasteiger charge is 2.13. The first kappa shape index (κ1) is 25.3. The van der Waals surface area contributed by atoms with Crippen molar-refractivity contribution < 1.29 is 4.79 Å². The third-order valence-electron chi connectivity index (χ3n) is 5.74. The van der Waals surface area contributed by atoms with Crippen molar-refractivity contribution in [1.82, 2.24) is 35.4 Å². The Hall–Kier alpha value is -4.34. The van der Waals surface area contributed by atoms with Crippen LogP contribution in [0, 0.1) is 6.92 Å². The number of carbonyl (C=O) groups is 1. The molecule has 0 aliphatic carbocycles. The van der Waals surface area contributed by atoms with Crippen LogP contribution in [0.15, 0.2) is 84.0 Å². The molecule has 5 rings (SSSR count). The van der Waals surface area contributed by atoms with Gasteiger partial charge in [0.1, 0.15) is 5.15 Å². The standard InChI is InChI=1S/C27H22Cl2N8O/c1-18-24(25(29)36(33-18)16-19-9-13-23(28)14-10-19)15-30-32-27(38)22-11-7-20(8-12-22)17-37-34-26(31-35-37)21-5-3-2-4-6-21/h2-15H,16-17H2,1H3,(H,32,38)/b30-15+. The molecular weight excluding hydrogens is 523 g/mol. The van der Waals surface area contributed by atoms with Crippen molar-refractivity contribution in [2.45, 2.75) is 20.0 Å². The molecule has 0 aliphatic rings. The van der Waals surface area contributed by atoms with Crippen LogP contribution in [0.25, 0.3) is 11.4 Å². The van der Waals surface area contributed by atoms with E-state index in [1.165, 1.54) is 11.0 Å². The Morgan fingerprint density at radius 3 is 2.34 bits per heavy atom. The molecule has 1 N–H and O–H groups in total. The maximum Gasteiger partial charge on any atom is 0.271 e. The number of rotatable bonds is 8. The summed E-state index contributed by atoms with van der Waals surface area (Å²) in [6.45, 7) is 2.75. The topological polar surface area (TPSA) is 103 Å². The van der Waals surface area contributed by atoms with Crippen molar-refractivity contribution in [3.8, 4) is 11.4 Å². The van der Waals surface area contributed by atoms with E-state index in [-0.39, 0.29) is 5.91 Å². The summed E-state index contributed by atoms with van der Waals surface area (Å²) in [5, 5.41) is 22.3. The van der Waals surface area contributed by atoms with E-state index in [2.05, 4.69) is 31.0 Å². The first-order chi connectivity index (χ1) is 18.5. The minimum Gasteiger partial charge on any atom is -0.267 e. The Morgan fingerprint density at radius 1 is 0.921 bits per heavy atom. The number of carbonyl (C=O) groups excluding carboxylic acids is 1. The summed E-state index contributed by atoms with van der Waals surface area (Å²) in [7, 11) is 0. The molecule has 2 aromatic heterocycles. The number of nitrogens with zero attached hydrogens (tertiary/aromatic N) is 7. The smallest absolute Gasteiger partial charge is 0.267 e. The Balaban J connectivity index is 1.18. The number of hydrazone groups is 1. The highest BCUT2D eigenvalue weighted by Crippen LogP contribution is 2.20. The number of halogens is 2. The van der Waals surface area contributed by atoms with Crippen LogP contribution in [0.1, 0.15) is 32.7 Å². The normalized spacial score (nSPS) is 11.2. The quantitative estimate of drug-likeness (QED) is 0.218. The van der Waals surface area contributed by atoms with Gasteiger partial charge in [0.05, 0.1) is 30.6 Å². The minimum atomic E-state index is -0.347. The van der Waals surface area contributed by atoms with Gasteiger partial charge >= 0.3 is 0 Å². The molecule has 0 spiro atoms. The maximum atomic E-state index is 12.6. The molecule has 0 atom stereocenters. The van der Waals surface area contributed by atoms with Crippen LogP contribution in [-0.4, -0.2) is 42.1 Å². The monoisotopic (exact) mass is 544 g/mol. The number of aromatic nitrogens is 6. The molecule has 3 aromatic carbocycles. The molecule has 0 bridgehead atoms. The highest BCUT2D eigenvalue weighted by molar-refractivity contribution is 6.32. The average molecular weight is 545 g/mol. The molecule has 190 valence electrons. The fourth-order valence-electron chi connectivity index (χ4n) is 3.74. The van der Waals surface area contributed by atoms with E-state index in [0.29, 0.717) is 45.9 Å². The molecule has 5 aromatic rings. The molecule has 38 heavy (non-hydrogen) atoms. The van der Waals surface area contributed by atoms with Gasteiger partial charge in [0.2, 0.25) is 5.82 Å². The summed E-state index contributed by atoms with van der Waals surface area (Å²) in [5.41, 5.74) is 7.17. The van der Waals surface area contributed by atoms with E-state index in [1.807, 2.05) is 73.7 Å². The van der Waals surface area contributed by atoms with Crippen LogP contribution >= 0.6 is 23.2 Å². The second-order valence-corrected chi connectivity index (χ2v) is 9.27. The van der Waals surface area contributed by atoms with Gasteiger partial charge in [-0.05, 0) is 47.5 Å². The van der Waals surface area contributed by atoms with Gasteiger partial charge in [-0.15, -0.1) is 10.2 Å². The average Bonchev–Trinajstić information content (AvgIpc) is 3.50. The Labute approximate surface area is 228 Å². The van der Waals surface area contributed by atoms with Crippen molar-refractivity contribution in [3.63, 3.8) is 0 Å². The Kier molecular flexibility index (Phi) is 7.57. The van der Waals surface area contributed by atoms with Crippen molar-refractivity contribution >= 4 is 35.3 Å². The summed E-state index contributed by atoms with van der Waals surface area (Å²) in [6, 6.07) is 24.2. The van der Waals surface area contributed by atoms with Crippen molar-refractivity contribution in [2.75, 3.05) is 0 Å². The van der Waals surface area contributed by atoms with Crippen molar-refractivity contribution in [3.05, 3.63) is 117 Å². The molecule has 9 nitrogen and oxygen atoms in total. The van der Waals surface area contributed by atoms with Gasteiger partial charge in [-0.2, -0.15) is 15.0 Å². The maximum absolute atomic E-state index is 12.6. The second kappa shape index (κ2) is 11.4. The molecule has 11 heteroatoms. The number of hydrogen-bond donors (Lipinski definition) is 1. The summed E-state index contributed by atoms with van der Waals surface area (Å²) >= 11 is 12.5. The van der Waals surface area contributed by atoms with Crippen LogP contribution in [0.3, 0.4) is 0 Å². The molecule has 0 aliphatic heterocycles. The van der Waals surface area contributed by atoms with Crippen molar-refractivity contribution in [1.29, 1.82) is 0 Å².